The first-order valence-electron chi connectivity index (χ1n) is 14.3. The molecule has 0 spiro atoms. The van der Waals surface area contributed by atoms with Crippen LogP contribution in [-0.4, -0.2) is 103 Å². The molecule has 4 aliphatic heterocycles. The monoisotopic (exact) mass is 650 g/mol. The highest BCUT2D eigenvalue weighted by Crippen LogP contribution is 2.28. The predicted octanol–water partition coefficient (Wildman–Crippen LogP) is 2.96. The van der Waals surface area contributed by atoms with E-state index < -0.39 is 0 Å². The van der Waals surface area contributed by atoms with Crippen molar-refractivity contribution in [3.05, 3.63) is 41.4 Å². The molecule has 11 nitrogen and oxygen atoms in total. The Hall–Kier alpha value is -1.88. The number of ether oxygens (including phenoxy) is 1. The predicted molar refractivity (Wildman–Crippen MR) is 178 cm³/mol. The van der Waals surface area contributed by atoms with Gasteiger partial charge in [0.1, 0.15) is 11.6 Å². The van der Waals surface area contributed by atoms with Gasteiger partial charge >= 0.3 is 0 Å². The highest BCUT2D eigenvalue weighted by atomic mass is 32.2. The summed E-state index contributed by atoms with van der Waals surface area (Å²) in [5, 5.41) is 2.03. The molecule has 15 heteroatoms. The lowest BCUT2D eigenvalue weighted by Gasteiger charge is -2.26. The summed E-state index contributed by atoms with van der Waals surface area (Å²) >= 11 is 13.9. The van der Waals surface area contributed by atoms with Crippen LogP contribution in [-0.2, 0) is 38.7 Å². The summed E-state index contributed by atoms with van der Waals surface area (Å²) in [6.07, 6.45) is 3.91. The van der Waals surface area contributed by atoms with Crippen LogP contribution < -0.4 is 11.1 Å². The number of fused-ring (bicyclic) bond motifs is 2. The summed E-state index contributed by atoms with van der Waals surface area (Å²) in [5.41, 5.74) is 1.45. The highest BCUT2D eigenvalue weighted by molar-refractivity contribution is 8.14. The Morgan fingerprint density at radius 1 is 0.786 bits per heavy atom. The topological polar surface area (TPSA) is 105 Å². The molecule has 6 heterocycles. The number of nitrogens with one attached hydrogen (secondary N) is 1. The van der Waals surface area contributed by atoms with Crippen molar-refractivity contribution in [3.8, 4) is 0 Å². The fraction of sp³-hybridized carbons (Fsp3) is 0.630. The minimum atomic E-state index is -0.0253. The van der Waals surface area contributed by atoms with Gasteiger partial charge in [-0.2, -0.15) is 0 Å². The second-order valence-electron chi connectivity index (χ2n) is 10.7. The molecule has 0 aliphatic carbocycles. The molecule has 0 unspecified atom stereocenters. The number of likely N-dealkylation sites (tertiary alicyclic amines) is 1. The van der Waals surface area contributed by atoms with Crippen LogP contribution in [0, 0.1) is 9.54 Å². The first-order valence-corrected chi connectivity index (χ1v) is 17.1. The zero-order valence-electron chi connectivity index (χ0n) is 24.4. The van der Waals surface area contributed by atoms with E-state index in [1.165, 1.54) is 35.1 Å². The van der Waals surface area contributed by atoms with E-state index in [4.69, 9.17) is 29.2 Å². The molecule has 2 saturated heterocycles. The van der Waals surface area contributed by atoms with Gasteiger partial charge in [0.15, 0.2) is 9.54 Å². The lowest BCUT2D eigenvalue weighted by atomic mass is 10.2. The third-order valence-corrected chi connectivity index (χ3v) is 10.7. The molecule has 6 rings (SSSR count). The maximum absolute atomic E-state index is 12.3. The van der Waals surface area contributed by atoms with Crippen molar-refractivity contribution in [1.29, 1.82) is 0 Å². The zero-order valence-corrected chi connectivity index (χ0v) is 27.7. The lowest BCUT2D eigenvalue weighted by Crippen LogP contribution is -2.37. The van der Waals surface area contributed by atoms with Gasteiger partial charge in [0, 0.05) is 71.7 Å². The molecule has 0 radical (unpaired) electrons. The van der Waals surface area contributed by atoms with Crippen LogP contribution in [0.5, 0.6) is 0 Å². The van der Waals surface area contributed by atoms with Crippen molar-refractivity contribution in [3.63, 3.8) is 0 Å². The molecule has 2 aromatic heterocycles. The molecule has 0 aromatic carbocycles. The summed E-state index contributed by atoms with van der Waals surface area (Å²) in [5.74, 6) is 3.40. The smallest absolute Gasteiger partial charge is 0.259 e. The number of aromatic amines is 1. The molecule has 4 aliphatic rings. The van der Waals surface area contributed by atoms with Crippen molar-refractivity contribution in [2.24, 2.45) is 31.1 Å². The maximum Gasteiger partial charge on any atom is 0.259 e. The summed E-state index contributed by atoms with van der Waals surface area (Å²) < 4.78 is 11.1. The Labute approximate surface area is 264 Å². The number of hydrogen-bond acceptors (Lipinski definition) is 11. The summed E-state index contributed by atoms with van der Waals surface area (Å²) in [6, 6.07) is 0. The number of rotatable bonds is 6. The van der Waals surface area contributed by atoms with E-state index in [2.05, 4.69) is 24.8 Å². The normalized spacial score (nSPS) is 18.4. The molecule has 228 valence electrons. The van der Waals surface area contributed by atoms with E-state index in [0.717, 1.165) is 77.9 Å². The zero-order chi connectivity index (χ0) is 29.8. The molecule has 42 heavy (non-hydrogen) atoms. The Morgan fingerprint density at radius 3 is 2.02 bits per heavy atom. The van der Waals surface area contributed by atoms with Crippen LogP contribution in [0.4, 0.5) is 11.6 Å². The van der Waals surface area contributed by atoms with Crippen LogP contribution in [0.1, 0.15) is 24.0 Å². The molecule has 2 aromatic rings. The Bertz CT molecular complexity index is 1610. The number of thioether (sulfide) groups is 2. The fourth-order valence-electron chi connectivity index (χ4n) is 5.32. The van der Waals surface area contributed by atoms with Crippen molar-refractivity contribution in [2.75, 3.05) is 64.0 Å². The van der Waals surface area contributed by atoms with Crippen LogP contribution in [0.25, 0.3) is 0 Å². The van der Waals surface area contributed by atoms with Gasteiger partial charge in [-0.3, -0.25) is 23.6 Å². The minimum Gasteiger partial charge on any atom is -0.379 e. The molecule has 0 amide bonds. The molecule has 0 bridgehead atoms. The molecule has 0 saturated carbocycles. The standard InChI is InChI=1S/C14H20N4O2S2.C13H18N4OS2/c1-16-12-10(13(19)17(2)14(16)21)9-11(15-12)22-8-5-18-3-6-20-7-4-18;1-16-12(18)9-8-10(14-11(9)15-13(16)19)20-7-6-17-4-2-3-5-17/h3-9H2,1-2H3;2-8H2,1H3,(H,15,19). The first kappa shape index (κ1) is 31.5. The van der Waals surface area contributed by atoms with Gasteiger partial charge in [0.2, 0.25) is 0 Å². The van der Waals surface area contributed by atoms with Crippen LogP contribution in [0.15, 0.2) is 19.6 Å². The second kappa shape index (κ2) is 14.3. The van der Waals surface area contributed by atoms with Crippen molar-refractivity contribution in [2.45, 2.75) is 25.7 Å². The molecule has 2 fully saturated rings. The molecule has 1 N–H and O–H groups in total. The largest absolute Gasteiger partial charge is 0.379 e. The highest BCUT2D eigenvalue weighted by Gasteiger charge is 2.23. The molecular weight excluding hydrogens is 613 g/mol. The van der Waals surface area contributed by atoms with Crippen LogP contribution in [0.3, 0.4) is 0 Å². The Morgan fingerprint density at radius 2 is 1.36 bits per heavy atom. The number of morpholine rings is 1. The van der Waals surface area contributed by atoms with Crippen LogP contribution in [0.2, 0.25) is 0 Å². The number of nitrogens with zero attached hydrogens (tertiary/aromatic N) is 7. The summed E-state index contributed by atoms with van der Waals surface area (Å²) in [4.78, 5) is 41.4. The van der Waals surface area contributed by atoms with Crippen LogP contribution >= 0.6 is 48.0 Å². The van der Waals surface area contributed by atoms with E-state index in [1.54, 1.807) is 37.6 Å². The number of hydrogen-bond donors (Lipinski definition) is 1. The molecule has 0 atom stereocenters. The van der Waals surface area contributed by atoms with E-state index in [0.29, 0.717) is 28.2 Å². The molecular formula is C27H38N8O3S4. The Balaban J connectivity index is 0.000000169. The van der Waals surface area contributed by atoms with Gasteiger partial charge in [-0.1, -0.05) is 0 Å². The van der Waals surface area contributed by atoms with Gasteiger partial charge < -0.3 is 19.2 Å². The van der Waals surface area contributed by atoms with Gasteiger partial charge in [0.05, 0.1) is 34.4 Å². The minimum absolute atomic E-state index is 0.0226. The van der Waals surface area contributed by atoms with E-state index >= 15 is 0 Å². The van der Waals surface area contributed by atoms with Gasteiger partial charge in [0.25, 0.3) is 11.1 Å². The third-order valence-electron chi connectivity index (χ3n) is 7.88. The second-order valence-corrected chi connectivity index (χ2v) is 13.8. The average molecular weight is 651 g/mol. The van der Waals surface area contributed by atoms with E-state index in [9.17, 15) is 9.59 Å². The quantitative estimate of drug-likeness (QED) is 0.473. The Kier molecular flexibility index (Phi) is 10.7. The van der Waals surface area contributed by atoms with Crippen molar-refractivity contribution >= 4 is 69.7 Å². The third kappa shape index (κ3) is 7.25. The number of H-pyrrole nitrogens is 1. The van der Waals surface area contributed by atoms with Gasteiger partial charge in [-0.05, 0) is 50.4 Å². The lowest BCUT2D eigenvalue weighted by molar-refractivity contribution is 0.0410. The summed E-state index contributed by atoms with van der Waals surface area (Å²) in [7, 11) is 5.28. The van der Waals surface area contributed by atoms with E-state index in [-0.39, 0.29) is 11.1 Å². The van der Waals surface area contributed by atoms with E-state index in [1.807, 2.05) is 11.6 Å². The first-order chi connectivity index (χ1) is 20.2. The van der Waals surface area contributed by atoms with Crippen molar-refractivity contribution in [1.82, 2.24) is 28.5 Å². The summed E-state index contributed by atoms with van der Waals surface area (Å²) in [6.45, 7) is 8.23. The number of aliphatic imine (C=N–C) groups is 2. The van der Waals surface area contributed by atoms with Gasteiger partial charge in [-0.15, -0.1) is 23.5 Å². The number of aromatic nitrogens is 4. The SMILES string of the molecule is Cn1c(=S)[nH]c2c(c1=O)CC(SCCN1CCCC1)=N2.Cn1c2c(c(=O)n(C)c1=S)CC(SCCN1CCOCC1)=N2. The average Bonchev–Trinajstić information content (AvgIpc) is 3.75. The fourth-order valence-corrected chi connectivity index (χ4v) is 7.64. The maximum atomic E-state index is 12.3. The van der Waals surface area contributed by atoms with Crippen molar-refractivity contribution < 1.29 is 4.74 Å². The van der Waals surface area contributed by atoms with Gasteiger partial charge in [-0.25, -0.2) is 9.98 Å².